The molecule has 0 bridgehead atoms. The highest BCUT2D eigenvalue weighted by molar-refractivity contribution is 7.99. The molecule has 0 aliphatic carbocycles. The molecule has 1 aliphatic heterocycles. The van der Waals surface area contributed by atoms with Gasteiger partial charge >= 0.3 is 11.9 Å². The Hall–Kier alpha value is -1.57. The summed E-state index contributed by atoms with van der Waals surface area (Å²) >= 11 is 1.89. The molecule has 3 N–H and O–H groups in total. The molecule has 1 fully saturated rings. The summed E-state index contributed by atoms with van der Waals surface area (Å²) in [6, 6.07) is 8.51. The van der Waals surface area contributed by atoms with Crippen LogP contribution in [0.2, 0.25) is 0 Å². The van der Waals surface area contributed by atoms with Crippen LogP contribution in [0.1, 0.15) is 5.56 Å². The lowest BCUT2D eigenvalue weighted by Gasteiger charge is -2.23. The van der Waals surface area contributed by atoms with Gasteiger partial charge in [-0.2, -0.15) is 0 Å². The van der Waals surface area contributed by atoms with Crippen molar-refractivity contribution in [1.82, 2.24) is 5.32 Å². The van der Waals surface area contributed by atoms with Crippen molar-refractivity contribution >= 4 is 23.7 Å². The van der Waals surface area contributed by atoms with E-state index in [0.29, 0.717) is 6.10 Å². The van der Waals surface area contributed by atoms with Gasteiger partial charge in [-0.1, -0.05) is 18.2 Å². The lowest BCUT2D eigenvalue weighted by Crippen LogP contribution is -2.39. The summed E-state index contributed by atoms with van der Waals surface area (Å²) in [6.07, 6.45) is 0.364. The van der Waals surface area contributed by atoms with Gasteiger partial charge in [-0.15, -0.1) is 11.8 Å². The first-order chi connectivity index (χ1) is 10.0. The van der Waals surface area contributed by atoms with Crippen molar-refractivity contribution < 1.29 is 24.5 Å². The molecule has 1 aliphatic rings. The summed E-state index contributed by atoms with van der Waals surface area (Å²) < 4.78 is 5.66. The van der Waals surface area contributed by atoms with Crippen LogP contribution in [0.3, 0.4) is 0 Å². The molecule has 0 aromatic heterocycles. The molecule has 1 unspecified atom stereocenters. The van der Waals surface area contributed by atoms with Gasteiger partial charge in [-0.25, -0.2) is 9.59 Å². The van der Waals surface area contributed by atoms with Crippen LogP contribution in [0.25, 0.3) is 0 Å². The molecule has 6 nitrogen and oxygen atoms in total. The van der Waals surface area contributed by atoms with E-state index in [4.69, 9.17) is 24.5 Å². The molecule has 2 rings (SSSR count). The molecule has 0 saturated carbocycles. The minimum Gasteiger partial charge on any atom is -0.473 e. The van der Waals surface area contributed by atoms with Gasteiger partial charge in [0.2, 0.25) is 0 Å². The molecule has 1 aromatic rings. The second-order valence-electron chi connectivity index (χ2n) is 4.38. The van der Waals surface area contributed by atoms with E-state index in [9.17, 15) is 0 Å². The van der Waals surface area contributed by atoms with Gasteiger partial charge in [-0.3, -0.25) is 0 Å². The number of aliphatic carboxylic acids is 2. The highest BCUT2D eigenvalue weighted by Gasteiger charge is 2.13. The Labute approximate surface area is 127 Å². The third kappa shape index (κ3) is 7.12. The Morgan fingerprint density at radius 3 is 2.52 bits per heavy atom. The minimum absolute atomic E-state index is 0.364. The molecule has 0 radical (unpaired) electrons. The molecule has 116 valence electrons. The van der Waals surface area contributed by atoms with Crippen LogP contribution >= 0.6 is 11.8 Å². The maximum atomic E-state index is 9.10. The molecule has 0 spiro atoms. The molecule has 1 atom stereocenters. The summed E-state index contributed by atoms with van der Waals surface area (Å²) in [5.74, 6) is -2.61. The Bertz CT molecular complexity index is 462. The second-order valence-corrected chi connectivity index (χ2v) is 5.45. The highest BCUT2D eigenvalue weighted by atomic mass is 32.2. The van der Waals surface area contributed by atoms with Crippen LogP contribution in [0.4, 0.5) is 0 Å². The Morgan fingerprint density at radius 2 is 2.00 bits per heavy atom. The van der Waals surface area contributed by atoms with E-state index in [2.05, 4.69) is 36.5 Å². The zero-order valence-electron chi connectivity index (χ0n) is 11.7. The third-order valence-corrected chi connectivity index (χ3v) is 4.01. The first-order valence-electron chi connectivity index (χ1n) is 6.47. The number of carboxylic acid groups (broad SMARTS) is 2. The zero-order valence-corrected chi connectivity index (χ0v) is 12.6. The van der Waals surface area contributed by atoms with Crippen molar-refractivity contribution in [2.24, 2.45) is 0 Å². The summed E-state index contributed by atoms with van der Waals surface area (Å²) in [4.78, 5) is 19.6. The fourth-order valence-corrected chi connectivity index (χ4v) is 2.68. The normalized spacial score (nSPS) is 17.5. The van der Waals surface area contributed by atoms with Gasteiger partial charge in [0.15, 0.2) is 0 Å². The van der Waals surface area contributed by atoms with Crippen molar-refractivity contribution in [3.05, 3.63) is 29.8 Å². The summed E-state index contributed by atoms with van der Waals surface area (Å²) in [5.41, 5.74) is 1.35. The SMILES string of the molecule is Cc1ccccc1SCC1CNCCO1.O=C(O)C(=O)O. The van der Waals surface area contributed by atoms with Gasteiger partial charge in [0.25, 0.3) is 0 Å². The van der Waals surface area contributed by atoms with E-state index in [-0.39, 0.29) is 0 Å². The number of carboxylic acids is 2. The smallest absolute Gasteiger partial charge is 0.414 e. The summed E-state index contributed by atoms with van der Waals surface area (Å²) in [6.45, 7) is 4.98. The topological polar surface area (TPSA) is 95.9 Å². The lowest BCUT2D eigenvalue weighted by atomic mass is 10.2. The number of ether oxygens (including phenoxy) is 1. The average Bonchev–Trinajstić information content (AvgIpc) is 2.48. The summed E-state index contributed by atoms with van der Waals surface area (Å²) in [5, 5.41) is 18.1. The summed E-state index contributed by atoms with van der Waals surface area (Å²) in [7, 11) is 0. The van der Waals surface area contributed by atoms with Crippen LogP contribution in [-0.2, 0) is 14.3 Å². The molecular formula is C14H19NO5S. The van der Waals surface area contributed by atoms with Gasteiger partial charge in [-0.05, 0) is 18.6 Å². The van der Waals surface area contributed by atoms with Crippen LogP contribution < -0.4 is 5.32 Å². The van der Waals surface area contributed by atoms with Crippen molar-refractivity contribution in [1.29, 1.82) is 0 Å². The monoisotopic (exact) mass is 313 g/mol. The van der Waals surface area contributed by atoms with Crippen LogP contribution in [-0.4, -0.2) is 53.7 Å². The fourth-order valence-electron chi connectivity index (χ4n) is 1.63. The molecule has 7 heteroatoms. The molecule has 1 heterocycles. The number of morpholine rings is 1. The molecule has 1 saturated heterocycles. The van der Waals surface area contributed by atoms with Gasteiger partial charge < -0.3 is 20.3 Å². The Balaban J connectivity index is 0.000000315. The molecular weight excluding hydrogens is 294 g/mol. The number of aryl methyl sites for hydroxylation is 1. The maximum absolute atomic E-state index is 9.10. The highest BCUT2D eigenvalue weighted by Crippen LogP contribution is 2.23. The van der Waals surface area contributed by atoms with Crippen LogP contribution in [0, 0.1) is 6.92 Å². The van der Waals surface area contributed by atoms with E-state index in [1.54, 1.807) is 0 Å². The standard InChI is InChI=1S/C12H17NOS.C2H2O4/c1-10-4-2-3-5-12(10)15-9-11-8-13-6-7-14-11;3-1(4)2(5)6/h2-5,11,13H,6-9H2,1H3;(H,3,4)(H,5,6). The number of hydrogen-bond donors (Lipinski definition) is 3. The Morgan fingerprint density at radius 1 is 1.33 bits per heavy atom. The van der Waals surface area contributed by atoms with E-state index in [1.165, 1.54) is 10.5 Å². The Kier molecular flexibility index (Phi) is 7.81. The van der Waals surface area contributed by atoms with E-state index < -0.39 is 11.9 Å². The average molecular weight is 313 g/mol. The minimum atomic E-state index is -1.82. The quantitative estimate of drug-likeness (QED) is 0.570. The first-order valence-corrected chi connectivity index (χ1v) is 7.46. The van der Waals surface area contributed by atoms with Crippen molar-refractivity contribution in [2.45, 2.75) is 17.9 Å². The number of thioether (sulfide) groups is 1. The predicted molar refractivity (Wildman–Crippen MR) is 79.8 cm³/mol. The van der Waals surface area contributed by atoms with Crippen molar-refractivity contribution in [2.75, 3.05) is 25.4 Å². The zero-order chi connectivity index (χ0) is 15.7. The van der Waals surface area contributed by atoms with E-state index >= 15 is 0 Å². The van der Waals surface area contributed by atoms with Gasteiger partial charge in [0.05, 0.1) is 12.7 Å². The van der Waals surface area contributed by atoms with Crippen LogP contribution in [0.15, 0.2) is 29.2 Å². The number of carbonyl (C=O) groups is 2. The number of nitrogens with one attached hydrogen (secondary N) is 1. The number of rotatable bonds is 3. The van der Waals surface area contributed by atoms with Gasteiger partial charge in [0.1, 0.15) is 0 Å². The second kappa shape index (κ2) is 9.38. The maximum Gasteiger partial charge on any atom is 0.414 e. The lowest BCUT2D eigenvalue weighted by molar-refractivity contribution is -0.159. The van der Waals surface area contributed by atoms with E-state index in [1.807, 2.05) is 11.8 Å². The number of hydrogen-bond acceptors (Lipinski definition) is 5. The van der Waals surface area contributed by atoms with Gasteiger partial charge in [0, 0.05) is 23.7 Å². The third-order valence-electron chi connectivity index (χ3n) is 2.71. The largest absolute Gasteiger partial charge is 0.473 e. The molecule has 1 aromatic carbocycles. The van der Waals surface area contributed by atoms with Crippen molar-refractivity contribution in [3.8, 4) is 0 Å². The first kappa shape index (κ1) is 17.5. The van der Waals surface area contributed by atoms with Crippen LogP contribution in [0.5, 0.6) is 0 Å². The molecule has 0 amide bonds. The van der Waals surface area contributed by atoms with E-state index in [0.717, 1.165) is 25.4 Å². The van der Waals surface area contributed by atoms with Crippen molar-refractivity contribution in [3.63, 3.8) is 0 Å². The fraction of sp³-hybridized carbons (Fsp3) is 0.429. The molecule has 21 heavy (non-hydrogen) atoms. The number of benzene rings is 1. The predicted octanol–water partition coefficient (Wildman–Crippen LogP) is 1.23.